The fourth-order valence-corrected chi connectivity index (χ4v) is 13.2. The Balaban J connectivity index is 0.954. The number of nitrogens with zero attached hydrogens (tertiary/aromatic N) is 1. The zero-order valence-corrected chi connectivity index (χ0v) is 38.9. The Morgan fingerprint density at radius 1 is 0.239 bits per heavy atom. The molecule has 0 radical (unpaired) electrons. The van der Waals surface area contributed by atoms with E-state index in [1.54, 1.807) is 0 Å². The molecule has 0 spiro atoms. The second-order valence-corrected chi connectivity index (χ2v) is 19.5. The number of benzene rings is 12. The molecule has 15 rings (SSSR count). The molecule has 2 aliphatic carbocycles. The van der Waals surface area contributed by atoms with E-state index < -0.39 is 10.8 Å². The lowest BCUT2D eigenvalue weighted by Crippen LogP contribution is -2.28. The predicted molar refractivity (Wildman–Crippen MR) is 295 cm³/mol. The minimum absolute atomic E-state index is 0.477. The molecule has 12 aromatic carbocycles. The summed E-state index contributed by atoms with van der Waals surface area (Å²) in [4.78, 5) is 0. The Hall–Kier alpha value is -9.04. The van der Waals surface area contributed by atoms with Crippen molar-refractivity contribution in [3.63, 3.8) is 0 Å². The van der Waals surface area contributed by atoms with Crippen molar-refractivity contribution in [2.45, 2.75) is 10.8 Å². The normalized spacial score (nSPS) is 13.9. The second kappa shape index (κ2) is 15.2. The molecule has 1 heteroatoms. The van der Waals surface area contributed by atoms with Gasteiger partial charge in [0.1, 0.15) is 0 Å². The monoisotopic (exact) mass is 899 g/mol. The summed E-state index contributed by atoms with van der Waals surface area (Å²) < 4.78 is 2.51. The topological polar surface area (TPSA) is 4.93 Å². The van der Waals surface area contributed by atoms with E-state index in [0.717, 1.165) is 5.69 Å². The number of hydrogen-bond donors (Lipinski definition) is 0. The highest BCUT2D eigenvalue weighted by Gasteiger charge is 2.47. The fourth-order valence-electron chi connectivity index (χ4n) is 13.2. The second-order valence-electron chi connectivity index (χ2n) is 19.5. The molecule has 330 valence electrons. The minimum atomic E-state index is -0.477. The average molecular weight is 900 g/mol. The number of hydrogen-bond acceptors (Lipinski definition) is 0. The standard InChI is InChI=1S/C70H45N/c1-6-20-52(21-7-1)69(53-22-8-2-9-23-53)61-32-18-16-30-57(61)59-38-36-46(42-63(59)69)50-40-48-34-35-49-41-51(45-66-68(49)67(48)65(44-50)71(66)56-28-14-5-15-29-56)47-37-39-60-58-31-17-19-33-62(58)70(64(60)43-47,54-24-10-3-11-25-54)55-26-12-4-13-27-55/h1-45H. The average Bonchev–Trinajstić information content (AvgIpc) is 4.06. The lowest BCUT2D eigenvalue weighted by atomic mass is 9.67. The van der Waals surface area contributed by atoms with E-state index >= 15 is 0 Å². The first-order valence-electron chi connectivity index (χ1n) is 24.8. The van der Waals surface area contributed by atoms with E-state index in [-0.39, 0.29) is 0 Å². The predicted octanol–water partition coefficient (Wildman–Crippen LogP) is 17.4. The summed E-state index contributed by atoms with van der Waals surface area (Å²) in [6.45, 7) is 0. The maximum atomic E-state index is 2.51. The van der Waals surface area contributed by atoms with Crippen LogP contribution in [0.3, 0.4) is 0 Å². The Morgan fingerprint density at radius 3 is 0.972 bits per heavy atom. The molecule has 1 aromatic heterocycles. The van der Waals surface area contributed by atoms with Gasteiger partial charge in [0, 0.05) is 16.5 Å². The zero-order valence-electron chi connectivity index (χ0n) is 38.9. The Labute approximate surface area is 413 Å². The quantitative estimate of drug-likeness (QED) is 0.141. The molecule has 1 heterocycles. The van der Waals surface area contributed by atoms with Crippen molar-refractivity contribution in [2.24, 2.45) is 0 Å². The zero-order chi connectivity index (χ0) is 46.7. The van der Waals surface area contributed by atoms with Crippen molar-refractivity contribution in [3.8, 4) is 50.2 Å². The molecule has 71 heavy (non-hydrogen) atoms. The van der Waals surface area contributed by atoms with Crippen molar-refractivity contribution in [1.29, 1.82) is 0 Å². The van der Waals surface area contributed by atoms with E-state index in [1.807, 2.05) is 0 Å². The van der Waals surface area contributed by atoms with Gasteiger partial charge in [0.05, 0.1) is 21.9 Å². The van der Waals surface area contributed by atoms with Crippen LogP contribution in [0.1, 0.15) is 44.5 Å². The van der Waals surface area contributed by atoms with E-state index in [4.69, 9.17) is 0 Å². The number of aromatic nitrogens is 1. The molecule has 0 saturated heterocycles. The van der Waals surface area contributed by atoms with Crippen LogP contribution in [0, 0.1) is 0 Å². The van der Waals surface area contributed by atoms with Crippen LogP contribution in [0.4, 0.5) is 0 Å². The third kappa shape index (κ3) is 5.52. The maximum absolute atomic E-state index is 2.51. The first kappa shape index (κ1) is 39.9. The summed E-state index contributed by atoms with van der Waals surface area (Å²) in [6, 6.07) is 102. The van der Waals surface area contributed by atoms with Crippen LogP contribution in [0.5, 0.6) is 0 Å². The highest BCUT2D eigenvalue weighted by atomic mass is 15.0. The SMILES string of the molecule is c1ccc(-n2c3cc(-c4ccc5c(c4)C(c4ccccc4)(c4ccccc4)c4ccccc4-5)cc4ccc5cc(-c6ccc7c(c6)C(c6ccccc6)(c6ccccc6)c6ccccc6-7)cc2c5c43)cc1. The third-order valence-corrected chi connectivity index (χ3v) is 16.1. The van der Waals surface area contributed by atoms with Crippen LogP contribution in [0.15, 0.2) is 273 Å². The molecule has 0 amide bonds. The Morgan fingerprint density at radius 2 is 0.577 bits per heavy atom. The van der Waals surface area contributed by atoms with Gasteiger partial charge >= 0.3 is 0 Å². The fraction of sp³-hybridized carbons (Fsp3) is 0.0286. The summed E-state index contributed by atoms with van der Waals surface area (Å²) in [7, 11) is 0. The molecule has 0 atom stereocenters. The minimum Gasteiger partial charge on any atom is -0.309 e. The van der Waals surface area contributed by atoms with Gasteiger partial charge in [-0.05, 0) is 148 Å². The molecule has 0 unspecified atom stereocenters. The number of rotatable bonds is 7. The molecule has 0 saturated carbocycles. The van der Waals surface area contributed by atoms with Gasteiger partial charge in [-0.3, -0.25) is 0 Å². The van der Waals surface area contributed by atoms with Gasteiger partial charge < -0.3 is 4.57 Å². The Bertz CT molecular complexity index is 3850. The van der Waals surface area contributed by atoms with Gasteiger partial charge in [-0.2, -0.15) is 0 Å². The van der Waals surface area contributed by atoms with Crippen molar-refractivity contribution >= 4 is 32.6 Å². The van der Waals surface area contributed by atoms with Crippen molar-refractivity contribution in [3.05, 3.63) is 317 Å². The van der Waals surface area contributed by atoms with Crippen LogP contribution in [0.25, 0.3) is 82.8 Å². The number of fused-ring (bicyclic) bond motifs is 6. The van der Waals surface area contributed by atoms with Gasteiger partial charge in [-0.1, -0.05) is 224 Å². The third-order valence-electron chi connectivity index (χ3n) is 16.1. The summed E-state index contributed by atoms with van der Waals surface area (Å²) >= 11 is 0. The van der Waals surface area contributed by atoms with E-state index in [0.29, 0.717) is 0 Å². The molecule has 2 aliphatic rings. The number of para-hydroxylation sites is 1. The highest BCUT2D eigenvalue weighted by molar-refractivity contribution is 6.26. The molecular formula is C70H45N. The first-order chi connectivity index (χ1) is 35.2. The Kier molecular flexibility index (Phi) is 8.56. The van der Waals surface area contributed by atoms with E-state index in [2.05, 4.69) is 278 Å². The summed E-state index contributed by atoms with van der Waals surface area (Å²) in [5.41, 5.74) is 22.9. The summed E-state index contributed by atoms with van der Waals surface area (Å²) in [6.07, 6.45) is 0. The highest BCUT2D eigenvalue weighted by Crippen LogP contribution is 2.59. The van der Waals surface area contributed by atoms with Gasteiger partial charge in [-0.25, -0.2) is 0 Å². The molecule has 0 N–H and O–H groups in total. The van der Waals surface area contributed by atoms with Crippen LogP contribution in [-0.4, -0.2) is 4.57 Å². The van der Waals surface area contributed by atoms with Crippen LogP contribution >= 0.6 is 0 Å². The van der Waals surface area contributed by atoms with Crippen LogP contribution < -0.4 is 0 Å². The van der Waals surface area contributed by atoms with Gasteiger partial charge in [0.15, 0.2) is 0 Å². The first-order valence-corrected chi connectivity index (χ1v) is 24.8. The van der Waals surface area contributed by atoms with E-state index in [1.165, 1.54) is 122 Å². The lowest BCUT2D eigenvalue weighted by Gasteiger charge is -2.34. The molecule has 0 aliphatic heterocycles. The maximum Gasteiger partial charge on any atom is 0.0713 e. The van der Waals surface area contributed by atoms with Crippen LogP contribution in [0.2, 0.25) is 0 Å². The molecule has 0 bridgehead atoms. The molecule has 13 aromatic rings. The van der Waals surface area contributed by atoms with Crippen molar-refractivity contribution in [2.75, 3.05) is 0 Å². The molecule has 1 nitrogen and oxygen atoms in total. The van der Waals surface area contributed by atoms with Gasteiger partial charge in [0.25, 0.3) is 0 Å². The molecular weight excluding hydrogens is 855 g/mol. The van der Waals surface area contributed by atoms with Crippen molar-refractivity contribution in [1.82, 2.24) is 4.57 Å². The van der Waals surface area contributed by atoms with Gasteiger partial charge in [0.2, 0.25) is 0 Å². The van der Waals surface area contributed by atoms with Crippen LogP contribution in [-0.2, 0) is 10.8 Å². The van der Waals surface area contributed by atoms with Crippen molar-refractivity contribution < 1.29 is 0 Å². The summed E-state index contributed by atoms with van der Waals surface area (Å²) in [5.74, 6) is 0. The largest absolute Gasteiger partial charge is 0.309 e. The lowest BCUT2D eigenvalue weighted by molar-refractivity contribution is 0.769. The molecule has 0 fully saturated rings. The smallest absolute Gasteiger partial charge is 0.0713 e. The summed E-state index contributed by atoms with van der Waals surface area (Å²) in [5, 5.41) is 5.07. The van der Waals surface area contributed by atoms with Gasteiger partial charge in [-0.15, -0.1) is 0 Å². The van der Waals surface area contributed by atoms with E-state index in [9.17, 15) is 0 Å².